The van der Waals surface area contributed by atoms with Crippen molar-refractivity contribution < 1.29 is 52.4 Å². The van der Waals surface area contributed by atoms with E-state index < -0.39 is 5.92 Å². The lowest BCUT2D eigenvalue weighted by Crippen LogP contribution is -2.33. The number of carbonyl (C=O) groups is 4. The Bertz CT molecular complexity index is 2670. The average molecular weight is 1620 g/mol. The quantitative estimate of drug-likeness (QED) is 0.167. The van der Waals surface area contributed by atoms with Crippen LogP contribution in [0.5, 0.6) is 0 Å². The van der Waals surface area contributed by atoms with Crippen LogP contribution in [0, 0.1) is 32.6 Å². The second-order valence-electron chi connectivity index (χ2n) is 32.6. The third kappa shape index (κ3) is 52.0. The third-order valence-corrected chi connectivity index (χ3v) is 20.5. The highest BCUT2D eigenvalue weighted by molar-refractivity contribution is 9.08. The first-order valence-electron chi connectivity index (χ1n) is 40.4. The van der Waals surface area contributed by atoms with Crippen molar-refractivity contribution in [3.8, 4) is 0 Å². The molecule has 11 fully saturated rings. The number of alkyl halides is 3. The van der Waals surface area contributed by atoms with Crippen LogP contribution in [0.3, 0.4) is 0 Å². The number of amides is 2. The van der Waals surface area contributed by atoms with Gasteiger partial charge in [0, 0.05) is 154 Å². The second kappa shape index (κ2) is 60.0. The Labute approximate surface area is 674 Å². The number of nitrogens with zero attached hydrogens (tertiary/aromatic N) is 13. The van der Waals surface area contributed by atoms with E-state index in [0.29, 0.717) is 73.8 Å². The summed E-state index contributed by atoms with van der Waals surface area (Å²) in [4.78, 5) is 74.6. The predicted molar refractivity (Wildman–Crippen MR) is 451 cm³/mol. The number of ketones is 1. The molecule has 0 saturated carbocycles. The molecule has 2 N–H and O–H groups in total. The van der Waals surface area contributed by atoms with E-state index in [4.69, 9.17) is 24.4 Å². The number of aliphatic hydroxyl groups is 2. The molecule has 1 aromatic carbocycles. The molecule has 11 aliphatic heterocycles. The highest BCUT2D eigenvalue weighted by Crippen LogP contribution is 2.27. The minimum absolute atomic E-state index is 0.0312. The summed E-state index contributed by atoms with van der Waals surface area (Å²) in [5.41, 5.74) is 3.45. The number of likely N-dealkylation sites (tertiary alicyclic amines) is 9. The van der Waals surface area contributed by atoms with E-state index in [0.717, 1.165) is 142 Å². The molecule has 0 spiro atoms. The van der Waals surface area contributed by atoms with Gasteiger partial charge in [-0.15, -0.1) is 0 Å². The van der Waals surface area contributed by atoms with Gasteiger partial charge in [-0.05, 0) is 269 Å². The lowest BCUT2D eigenvalue weighted by atomic mass is 10.0. The number of aryl methyl sites for hydroxylation is 3. The zero-order valence-corrected chi connectivity index (χ0v) is 73.8. The van der Waals surface area contributed by atoms with Crippen molar-refractivity contribution in [2.45, 2.75) is 193 Å². The number of piperidine rings is 1. The summed E-state index contributed by atoms with van der Waals surface area (Å²) < 4.78 is 40.1. The van der Waals surface area contributed by atoms with Crippen LogP contribution in [-0.4, -0.2) is 361 Å². The van der Waals surface area contributed by atoms with E-state index in [1.54, 1.807) is 47.3 Å². The zero-order chi connectivity index (χ0) is 82.6. The number of pyridine rings is 2. The molecule has 14 rings (SSSR count). The Hall–Kier alpha value is -4.58. The van der Waals surface area contributed by atoms with E-state index in [-0.39, 0.29) is 24.5 Å². The van der Waals surface area contributed by atoms with Crippen molar-refractivity contribution in [2.75, 3.05) is 222 Å². The van der Waals surface area contributed by atoms with Crippen molar-refractivity contribution in [3.05, 3.63) is 96.1 Å². The normalized spacial score (nSPS) is 24.3. The van der Waals surface area contributed by atoms with Gasteiger partial charge >= 0.3 is 5.97 Å². The number of fused-ring (bicyclic) bond motifs is 2. The van der Waals surface area contributed by atoms with Gasteiger partial charge in [0.2, 0.25) is 11.8 Å². The molecule has 110 heavy (non-hydrogen) atoms. The van der Waals surface area contributed by atoms with Crippen molar-refractivity contribution >= 4 is 39.5 Å². The summed E-state index contributed by atoms with van der Waals surface area (Å²) in [7, 11) is 24.5. The lowest BCUT2D eigenvalue weighted by Gasteiger charge is -2.21. The number of rotatable bonds is 7. The Kier molecular flexibility index (Phi) is 56.4. The lowest BCUT2D eigenvalue weighted by molar-refractivity contribution is -0.155. The fraction of sp³-hybridized carbons (Fsp3) is 0.765. The van der Waals surface area contributed by atoms with E-state index in [1.165, 1.54) is 81.1 Å². The van der Waals surface area contributed by atoms with E-state index in [2.05, 4.69) is 148 Å². The number of benzene rings is 1. The van der Waals surface area contributed by atoms with Crippen LogP contribution < -0.4 is 0 Å². The van der Waals surface area contributed by atoms with Crippen LogP contribution in [0.1, 0.15) is 147 Å². The summed E-state index contributed by atoms with van der Waals surface area (Å²) in [6.07, 6.45) is 23.8. The number of hydrogen-bond donors (Lipinski definition) is 2. The van der Waals surface area contributed by atoms with E-state index in [9.17, 15) is 28.0 Å². The largest absolute Gasteiger partial charge is 0.460 e. The molecule has 25 heteroatoms. The summed E-state index contributed by atoms with van der Waals surface area (Å²) in [6.45, 7) is 32.0. The van der Waals surface area contributed by atoms with E-state index >= 15 is 0 Å². The molecule has 2 aromatic heterocycles. The molecule has 7 atom stereocenters. The first-order chi connectivity index (χ1) is 52.1. The summed E-state index contributed by atoms with van der Waals surface area (Å²) in [5, 5.41) is 17.4. The number of halogens is 3. The summed E-state index contributed by atoms with van der Waals surface area (Å²) in [5.74, 6) is 1.41. The number of ether oxygens (including phenoxy) is 3. The number of Topliss-reactive ketones (excluding diaryl/α,β-unsaturated/α-hetero) is 1. The van der Waals surface area contributed by atoms with Gasteiger partial charge in [0.05, 0.1) is 45.7 Å². The van der Waals surface area contributed by atoms with Gasteiger partial charge in [0.15, 0.2) is 0 Å². The molecule has 2 bridgehead atoms. The molecular weight excluding hydrogens is 1460 g/mol. The Morgan fingerprint density at radius 2 is 1.08 bits per heavy atom. The number of aromatic nitrogens is 2. The molecule has 22 nitrogen and oxygen atoms in total. The van der Waals surface area contributed by atoms with Crippen LogP contribution in [0.25, 0.3) is 0 Å². The standard InChI is InChI=1S/C11H21NO2.C8H15NO.C7H16N2.C7H8.C6H11NO.2C6H13NO.C6H11NO.2C6H7N.C5H9F2N.C5H11NO.C5H9NO.CH3Br/c1-11(2,3)14-10(13)7-9-5-6-12(4)8-9;1-7(10)5-8-3-4-9(2)6-8;1-8(2)7-4-5-9(3)6-7;1-7-5-3-2-4-6-7;1-7-3-6-2-5(7)4-8-6;2*1-7-4-2-3-6(7)5-8;1-7-5-3-2-4-6(7)8;1-6-2-4-7-5-3-6;1-6-3-2-4-7-5-6;1-8-3-2-5(6,7)4-8;1-6-2-4-7-5-3-6;1-6-4-2-3-5(6)7;1-2/h9H,5-8H2,1-4H3;8H,3-6H2,1-2H3;7H,4-6H2,1-3H3;2-6H,1H3;5-6H,2-4H2,1H3;2*6,8H,2-5H2,1H3;2-5H2,1H3;2*2-5H,1H3;2-4H2,1H3;2-5H2,1H3;2-4H2,1H3;1H3/t9-;;;;5-,6-;2*6-;;;;;;;/m0...010......./s1. The van der Waals surface area contributed by atoms with Crippen LogP contribution in [0.2, 0.25) is 0 Å². The number of hydrogen-bond acceptors (Lipinski definition) is 20. The highest BCUT2D eigenvalue weighted by Gasteiger charge is 2.37. The molecule has 11 aliphatic rings. The summed E-state index contributed by atoms with van der Waals surface area (Å²) >= 11 is 2.94. The second-order valence-corrected chi connectivity index (χ2v) is 32.6. The number of morpholine rings is 2. The smallest absolute Gasteiger partial charge is 0.306 e. The fourth-order valence-electron chi connectivity index (χ4n) is 13.5. The molecule has 2 unspecified atom stereocenters. The zero-order valence-electron chi connectivity index (χ0n) is 72.2. The van der Waals surface area contributed by atoms with Crippen molar-refractivity contribution in [1.29, 1.82) is 0 Å². The predicted octanol–water partition coefficient (Wildman–Crippen LogP) is 10.6. The van der Waals surface area contributed by atoms with Crippen molar-refractivity contribution in [3.63, 3.8) is 0 Å². The minimum Gasteiger partial charge on any atom is -0.460 e. The number of aliphatic hydroxyl groups excluding tert-OH is 2. The molecule has 13 heterocycles. The number of likely N-dealkylation sites (N-methyl/N-ethyl adjacent to an activating group) is 6. The van der Waals surface area contributed by atoms with Crippen LogP contribution in [0.4, 0.5) is 8.78 Å². The number of esters is 1. The Morgan fingerprint density at radius 1 is 0.573 bits per heavy atom. The van der Waals surface area contributed by atoms with Gasteiger partial charge < -0.3 is 78.2 Å². The van der Waals surface area contributed by atoms with Crippen LogP contribution in [-0.2, 0) is 33.4 Å². The molecule has 2 amide bonds. The van der Waals surface area contributed by atoms with Gasteiger partial charge in [-0.2, -0.15) is 0 Å². The summed E-state index contributed by atoms with van der Waals surface area (Å²) in [6, 6.07) is 20.6. The molecular formula is C85H154BrF2N13O9. The third-order valence-electron chi connectivity index (χ3n) is 20.5. The SMILES string of the molecule is CBr.CC(=O)CC1CCN(C)C1.CN1CCC(F)(F)C1.CN1CCC(N(C)C)C1.CN1CCCC1=O.CN1CCCCC1=O.CN1CCC[C@@H]1CO.CN1CCC[C@H]1CO.CN1CCOCC1.CN1CC[C@@H](CC(=O)OC(C)(C)C)C1.CN1C[C@@H]2C[C@H]1CO2.Cc1ccccc1.Cc1cccnc1.Cc1ccncc1. The van der Waals surface area contributed by atoms with Crippen LogP contribution >= 0.6 is 15.9 Å². The molecule has 11 saturated heterocycles. The van der Waals surface area contributed by atoms with Crippen LogP contribution in [0.15, 0.2) is 79.4 Å². The minimum atomic E-state index is -2.41. The van der Waals surface area contributed by atoms with Gasteiger partial charge in [-0.25, -0.2) is 8.78 Å². The van der Waals surface area contributed by atoms with Gasteiger partial charge in [0.25, 0.3) is 5.92 Å². The Balaban J connectivity index is 0.000000597. The molecule has 3 aromatic rings. The maximum atomic E-state index is 12.2. The van der Waals surface area contributed by atoms with Crippen molar-refractivity contribution in [2.24, 2.45) is 11.8 Å². The number of carbonyl (C=O) groups excluding carboxylic acids is 4. The maximum absolute atomic E-state index is 12.2. The van der Waals surface area contributed by atoms with Gasteiger partial charge in [0.1, 0.15) is 11.4 Å². The first-order valence-corrected chi connectivity index (χ1v) is 42.0. The average Bonchev–Trinajstić information content (AvgIpc) is 1.69. The molecule has 0 aliphatic carbocycles. The fourth-order valence-corrected chi connectivity index (χ4v) is 13.5. The highest BCUT2D eigenvalue weighted by atomic mass is 79.9. The molecule has 634 valence electrons. The molecule has 0 radical (unpaired) electrons. The maximum Gasteiger partial charge on any atom is 0.306 e. The monoisotopic (exact) mass is 1620 g/mol. The van der Waals surface area contributed by atoms with Gasteiger partial charge in [-0.1, -0.05) is 57.9 Å². The van der Waals surface area contributed by atoms with E-state index in [1.807, 2.05) is 103 Å². The topological polar surface area (TPSA) is 198 Å². The Morgan fingerprint density at radius 3 is 1.33 bits per heavy atom. The van der Waals surface area contributed by atoms with Gasteiger partial charge in [-0.3, -0.25) is 29.3 Å². The first kappa shape index (κ1) is 103. The van der Waals surface area contributed by atoms with Crippen molar-refractivity contribution in [1.82, 2.24) is 63.9 Å².